The minimum absolute atomic E-state index is 0.0887. The first-order chi connectivity index (χ1) is 11.5. The molecular weight excluding hydrogens is 304 g/mol. The van der Waals surface area contributed by atoms with Gasteiger partial charge in [0.15, 0.2) is 5.78 Å². The van der Waals surface area contributed by atoms with Gasteiger partial charge in [-0.25, -0.2) is 4.79 Å². The number of rotatable bonds is 6. The third-order valence-electron chi connectivity index (χ3n) is 3.64. The summed E-state index contributed by atoms with van der Waals surface area (Å²) in [6.07, 6.45) is 0.0586. The number of ketones is 1. The fourth-order valence-corrected chi connectivity index (χ4v) is 2.20. The second kappa shape index (κ2) is 8.26. The predicted molar refractivity (Wildman–Crippen MR) is 94.3 cm³/mol. The molecular formula is C19H22N2O3. The third kappa shape index (κ3) is 4.93. The van der Waals surface area contributed by atoms with E-state index < -0.39 is 6.10 Å². The van der Waals surface area contributed by atoms with Gasteiger partial charge in [0.1, 0.15) is 0 Å². The van der Waals surface area contributed by atoms with Gasteiger partial charge in [-0.1, -0.05) is 42.5 Å². The summed E-state index contributed by atoms with van der Waals surface area (Å²) in [5.74, 6) is -0.0887. The van der Waals surface area contributed by atoms with E-state index in [9.17, 15) is 14.7 Å². The highest BCUT2D eigenvalue weighted by molar-refractivity contribution is 6.09. The Morgan fingerprint density at radius 3 is 2.42 bits per heavy atom. The average molecular weight is 326 g/mol. The van der Waals surface area contributed by atoms with Crippen LogP contribution < -0.4 is 5.32 Å². The van der Waals surface area contributed by atoms with Crippen molar-refractivity contribution >= 4 is 17.5 Å². The lowest BCUT2D eigenvalue weighted by molar-refractivity contribution is 0.103. The number of urea groups is 1. The summed E-state index contributed by atoms with van der Waals surface area (Å²) >= 11 is 0. The maximum Gasteiger partial charge on any atom is 0.321 e. The number of amides is 2. The van der Waals surface area contributed by atoms with E-state index >= 15 is 0 Å². The number of anilines is 1. The Hall–Kier alpha value is -2.66. The highest BCUT2D eigenvalue weighted by Gasteiger charge is 2.12. The zero-order valence-corrected chi connectivity index (χ0v) is 13.9. The number of aliphatic hydroxyl groups excluding tert-OH is 1. The van der Waals surface area contributed by atoms with Crippen LogP contribution in [0.3, 0.4) is 0 Å². The number of aliphatic hydroxyl groups is 1. The van der Waals surface area contributed by atoms with Crippen molar-refractivity contribution in [1.82, 2.24) is 4.90 Å². The van der Waals surface area contributed by atoms with Gasteiger partial charge in [0, 0.05) is 30.4 Å². The molecule has 0 aliphatic rings. The van der Waals surface area contributed by atoms with E-state index in [4.69, 9.17) is 0 Å². The summed E-state index contributed by atoms with van der Waals surface area (Å²) in [6, 6.07) is 15.6. The van der Waals surface area contributed by atoms with Crippen LogP contribution in [0.4, 0.5) is 10.5 Å². The fraction of sp³-hybridized carbons (Fsp3) is 0.263. The van der Waals surface area contributed by atoms with Crippen LogP contribution >= 0.6 is 0 Å². The molecule has 0 bridgehead atoms. The van der Waals surface area contributed by atoms with Crippen molar-refractivity contribution < 1.29 is 14.7 Å². The van der Waals surface area contributed by atoms with Crippen LogP contribution in [0.15, 0.2) is 54.6 Å². The van der Waals surface area contributed by atoms with Gasteiger partial charge in [-0.05, 0) is 25.5 Å². The Kier molecular flexibility index (Phi) is 6.09. The molecule has 5 nitrogen and oxygen atoms in total. The normalized spacial score (nSPS) is 11.6. The average Bonchev–Trinajstić information content (AvgIpc) is 2.59. The van der Waals surface area contributed by atoms with Gasteiger partial charge in [-0.3, -0.25) is 4.79 Å². The molecule has 2 aromatic rings. The van der Waals surface area contributed by atoms with Crippen molar-refractivity contribution in [1.29, 1.82) is 0 Å². The summed E-state index contributed by atoms with van der Waals surface area (Å²) in [4.78, 5) is 26.1. The quantitative estimate of drug-likeness (QED) is 0.801. The van der Waals surface area contributed by atoms with Crippen molar-refractivity contribution in [3.05, 3.63) is 65.7 Å². The van der Waals surface area contributed by atoms with Crippen molar-refractivity contribution in [3.63, 3.8) is 0 Å². The minimum Gasteiger partial charge on any atom is -0.393 e. The molecule has 0 aliphatic carbocycles. The SMILES string of the molecule is CC(O)CCN(C)C(=O)Nc1cccc(C(=O)c2ccccc2)c1. The molecule has 2 N–H and O–H groups in total. The van der Waals surface area contributed by atoms with E-state index in [0.717, 1.165) is 0 Å². The summed E-state index contributed by atoms with van der Waals surface area (Å²) in [5, 5.41) is 12.0. The van der Waals surface area contributed by atoms with Crippen LogP contribution in [0.5, 0.6) is 0 Å². The molecule has 126 valence electrons. The molecule has 0 aliphatic heterocycles. The topological polar surface area (TPSA) is 69.6 Å². The zero-order valence-electron chi connectivity index (χ0n) is 13.9. The summed E-state index contributed by atoms with van der Waals surface area (Å²) < 4.78 is 0. The van der Waals surface area contributed by atoms with Crippen molar-refractivity contribution in [2.45, 2.75) is 19.4 Å². The first-order valence-electron chi connectivity index (χ1n) is 7.87. The van der Waals surface area contributed by atoms with E-state index in [1.54, 1.807) is 50.4 Å². The molecule has 2 amide bonds. The van der Waals surface area contributed by atoms with Gasteiger partial charge < -0.3 is 15.3 Å². The van der Waals surface area contributed by atoms with Gasteiger partial charge in [0.05, 0.1) is 6.10 Å². The number of carbonyl (C=O) groups is 2. The third-order valence-corrected chi connectivity index (χ3v) is 3.64. The lowest BCUT2D eigenvalue weighted by Crippen LogP contribution is -2.33. The van der Waals surface area contributed by atoms with Gasteiger partial charge >= 0.3 is 6.03 Å². The number of carbonyl (C=O) groups excluding carboxylic acids is 2. The van der Waals surface area contributed by atoms with Crippen LogP contribution in [0.1, 0.15) is 29.3 Å². The maximum absolute atomic E-state index is 12.4. The second-order valence-corrected chi connectivity index (χ2v) is 5.77. The Morgan fingerprint density at radius 1 is 1.08 bits per heavy atom. The Balaban J connectivity index is 2.05. The Morgan fingerprint density at radius 2 is 1.75 bits per heavy atom. The standard InChI is InChI=1S/C19H22N2O3/c1-14(22)11-12-21(2)19(24)20-17-10-6-9-16(13-17)18(23)15-7-4-3-5-8-15/h3-10,13-14,22H,11-12H2,1-2H3,(H,20,24). The first-order valence-corrected chi connectivity index (χ1v) is 7.87. The molecule has 5 heteroatoms. The monoisotopic (exact) mass is 326 g/mol. The molecule has 2 rings (SSSR count). The molecule has 0 saturated heterocycles. The smallest absolute Gasteiger partial charge is 0.321 e. The van der Waals surface area contributed by atoms with E-state index in [0.29, 0.717) is 29.8 Å². The summed E-state index contributed by atoms with van der Waals surface area (Å²) in [6.45, 7) is 2.14. The van der Waals surface area contributed by atoms with Gasteiger partial charge in [0.25, 0.3) is 0 Å². The lowest BCUT2D eigenvalue weighted by atomic mass is 10.0. The van der Waals surface area contributed by atoms with E-state index in [-0.39, 0.29) is 11.8 Å². The molecule has 0 aromatic heterocycles. The van der Waals surface area contributed by atoms with E-state index in [2.05, 4.69) is 5.32 Å². The molecule has 0 radical (unpaired) electrons. The van der Waals surface area contributed by atoms with Crippen LogP contribution in [-0.4, -0.2) is 41.5 Å². The van der Waals surface area contributed by atoms with Gasteiger partial charge in [-0.2, -0.15) is 0 Å². The fourth-order valence-electron chi connectivity index (χ4n) is 2.20. The molecule has 0 heterocycles. The lowest BCUT2D eigenvalue weighted by Gasteiger charge is -2.18. The summed E-state index contributed by atoms with van der Waals surface area (Å²) in [7, 11) is 1.66. The van der Waals surface area contributed by atoms with Crippen molar-refractivity contribution in [2.24, 2.45) is 0 Å². The van der Waals surface area contributed by atoms with Gasteiger partial charge in [-0.15, -0.1) is 0 Å². The molecule has 1 atom stereocenters. The first kappa shape index (κ1) is 17.7. The van der Waals surface area contributed by atoms with Crippen LogP contribution in [-0.2, 0) is 0 Å². The Bertz CT molecular complexity index is 699. The summed E-state index contributed by atoms with van der Waals surface area (Å²) in [5.41, 5.74) is 1.69. The number of hydrogen-bond donors (Lipinski definition) is 2. The largest absolute Gasteiger partial charge is 0.393 e. The van der Waals surface area contributed by atoms with Crippen molar-refractivity contribution in [3.8, 4) is 0 Å². The van der Waals surface area contributed by atoms with E-state index in [1.807, 2.05) is 18.2 Å². The highest BCUT2D eigenvalue weighted by Crippen LogP contribution is 2.15. The molecule has 2 aromatic carbocycles. The van der Waals surface area contributed by atoms with Crippen molar-refractivity contribution in [2.75, 3.05) is 18.9 Å². The van der Waals surface area contributed by atoms with E-state index in [1.165, 1.54) is 4.90 Å². The molecule has 24 heavy (non-hydrogen) atoms. The van der Waals surface area contributed by atoms with Gasteiger partial charge in [0.2, 0.25) is 0 Å². The number of nitrogens with one attached hydrogen (secondary N) is 1. The van der Waals surface area contributed by atoms with Crippen LogP contribution in [0.25, 0.3) is 0 Å². The Labute approximate surface area is 141 Å². The molecule has 0 spiro atoms. The zero-order chi connectivity index (χ0) is 17.5. The predicted octanol–water partition coefficient (Wildman–Crippen LogP) is 3.15. The maximum atomic E-state index is 12.4. The molecule has 0 saturated carbocycles. The minimum atomic E-state index is -0.452. The highest BCUT2D eigenvalue weighted by atomic mass is 16.3. The molecule has 1 unspecified atom stereocenters. The number of benzene rings is 2. The van der Waals surface area contributed by atoms with Crippen LogP contribution in [0, 0.1) is 0 Å². The second-order valence-electron chi connectivity index (χ2n) is 5.77. The van der Waals surface area contributed by atoms with Crippen LogP contribution in [0.2, 0.25) is 0 Å². The number of hydrogen-bond acceptors (Lipinski definition) is 3. The number of nitrogens with zero attached hydrogens (tertiary/aromatic N) is 1. The molecule has 0 fully saturated rings.